The van der Waals surface area contributed by atoms with Crippen LogP contribution < -0.4 is 0 Å². The molecule has 1 atom stereocenters. The predicted molar refractivity (Wildman–Crippen MR) is 52.2 cm³/mol. The topological polar surface area (TPSA) is 38.3 Å². The van der Waals surface area contributed by atoms with Crippen LogP contribution in [0.15, 0.2) is 8.68 Å². The summed E-state index contributed by atoms with van der Waals surface area (Å²) in [5.74, 6) is 1.02. The highest BCUT2D eigenvalue weighted by Crippen LogP contribution is 2.29. The van der Waals surface area contributed by atoms with Gasteiger partial charge < -0.3 is 4.74 Å². The van der Waals surface area contributed by atoms with Gasteiger partial charge in [0, 0.05) is 5.75 Å². The number of aromatic nitrogens is 2. The van der Waals surface area contributed by atoms with E-state index in [4.69, 9.17) is 4.74 Å². The molecular formula is C6H8N2OS3. The Morgan fingerprint density at radius 1 is 1.58 bits per heavy atom. The highest BCUT2D eigenvalue weighted by molar-refractivity contribution is 8.03. The van der Waals surface area contributed by atoms with Crippen LogP contribution in [0.3, 0.4) is 0 Å². The summed E-state index contributed by atoms with van der Waals surface area (Å²) < 4.78 is 7.18. The molecule has 0 bridgehead atoms. The van der Waals surface area contributed by atoms with Crippen LogP contribution >= 0.6 is 34.9 Å². The van der Waals surface area contributed by atoms with Crippen LogP contribution in [0.25, 0.3) is 0 Å². The van der Waals surface area contributed by atoms with Crippen molar-refractivity contribution in [1.29, 1.82) is 0 Å². The number of epoxide rings is 1. The second kappa shape index (κ2) is 3.95. The zero-order valence-electron chi connectivity index (χ0n) is 6.52. The maximum atomic E-state index is 5.09. The summed E-state index contributed by atoms with van der Waals surface area (Å²) in [6.45, 7) is 0.918. The van der Waals surface area contributed by atoms with Crippen molar-refractivity contribution in [3.63, 3.8) is 0 Å². The number of rotatable bonds is 4. The molecule has 1 unspecified atom stereocenters. The van der Waals surface area contributed by atoms with Crippen LogP contribution in [0.5, 0.6) is 0 Å². The van der Waals surface area contributed by atoms with Gasteiger partial charge in [-0.05, 0) is 6.26 Å². The molecular weight excluding hydrogens is 212 g/mol. The van der Waals surface area contributed by atoms with Gasteiger partial charge in [-0.15, -0.1) is 10.2 Å². The third-order valence-electron chi connectivity index (χ3n) is 1.36. The lowest BCUT2D eigenvalue weighted by Gasteiger charge is -1.88. The van der Waals surface area contributed by atoms with Crippen molar-refractivity contribution in [1.82, 2.24) is 10.2 Å². The maximum Gasteiger partial charge on any atom is 0.175 e. The van der Waals surface area contributed by atoms with Gasteiger partial charge in [0.1, 0.15) is 0 Å². The van der Waals surface area contributed by atoms with Gasteiger partial charge in [0.2, 0.25) is 0 Å². The van der Waals surface area contributed by atoms with E-state index in [0.717, 1.165) is 21.0 Å². The first-order valence-corrected chi connectivity index (χ1v) is 6.53. The fourth-order valence-corrected chi connectivity index (χ4v) is 3.13. The Labute approximate surface area is 83.3 Å². The van der Waals surface area contributed by atoms with E-state index in [0.29, 0.717) is 6.10 Å². The largest absolute Gasteiger partial charge is 0.372 e. The number of nitrogens with zero attached hydrogens (tertiary/aromatic N) is 2. The van der Waals surface area contributed by atoms with Gasteiger partial charge in [0.05, 0.1) is 12.7 Å². The molecule has 0 aliphatic carbocycles. The smallest absolute Gasteiger partial charge is 0.175 e. The summed E-state index contributed by atoms with van der Waals surface area (Å²) in [5.41, 5.74) is 0. The highest BCUT2D eigenvalue weighted by atomic mass is 32.2. The van der Waals surface area contributed by atoms with Gasteiger partial charge in [-0.1, -0.05) is 34.9 Å². The van der Waals surface area contributed by atoms with E-state index in [1.165, 1.54) is 0 Å². The van der Waals surface area contributed by atoms with E-state index in [9.17, 15) is 0 Å². The van der Waals surface area contributed by atoms with Gasteiger partial charge in [-0.3, -0.25) is 0 Å². The van der Waals surface area contributed by atoms with E-state index in [1.54, 1.807) is 34.9 Å². The molecule has 1 aliphatic heterocycles. The van der Waals surface area contributed by atoms with Crippen molar-refractivity contribution in [2.75, 3.05) is 18.6 Å². The molecule has 1 aromatic heterocycles. The minimum Gasteiger partial charge on any atom is -0.372 e. The second-order valence-electron chi connectivity index (χ2n) is 2.30. The summed E-state index contributed by atoms with van der Waals surface area (Å²) in [6, 6.07) is 0. The Morgan fingerprint density at radius 3 is 2.92 bits per heavy atom. The van der Waals surface area contributed by atoms with Crippen molar-refractivity contribution in [2.24, 2.45) is 0 Å². The Bertz CT molecular complexity index is 261. The molecule has 1 fully saturated rings. The Kier molecular flexibility index (Phi) is 2.90. The molecule has 2 heterocycles. The van der Waals surface area contributed by atoms with Gasteiger partial charge in [-0.2, -0.15) is 0 Å². The van der Waals surface area contributed by atoms with Gasteiger partial charge >= 0.3 is 0 Å². The molecule has 3 nitrogen and oxygen atoms in total. The van der Waals surface area contributed by atoms with Gasteiger partial charge in [-0.25, -0.2) is 0 Å². The molecule has 0 amide bonds. The summed E-state index contributed by atoms with van der Waals surface area (Å²) in [7, 11) is 0. The summed E-state index contributed by atoms with van der Waals surface area (Å²) in [4.78, 5) is 0. The fourth-order valence-electron chi connectivity index (χ4n) is 0.666. The second-order valence-corrected chi connectivity index (χ2v) is 5.60. The normalized spacial score (nSPS) is 21.2. The standard InChI is InChI=1S/C6H8N2OS3/c1-10-5-7-8-6(12-5)11-3-4-2-9-4/h4H,2-3H2,1H3. The van der Waals surface area contributed by atoms with Crippen molar-refractivity contribution in [2.45, 2.75) is 14.8 Å². The zero-order valence-corrected chi connectivity index (χ0v) is 8.97. The lowest BCUT2D eigenvalue weighted by atomic mass is 10.6. The average molecular weight is 220 g/mol. The van der Waals surface area contributed by atoms with Crippen molar-refractivity contribution in [3.8, 4) is 0 Å². The predicted octanol–water partition coefficient (Wildman–Crippen LogP) is 1.75. The molecule has 0 saturated carbocycles. The number of hydrogen-bond donors (Lipinski definition) is 0. The van der Waals surface area contributed by atoms with Crippen molar-refractivity contribution < 1.29 is 4.74 Å². The average Bonchev–Trinajstić information content (AvgIpc) is 2.81. The number of hydrogen-bond acceptors (Lipinski definition) is 6. The third-order valence-corrected chi connectivity index (χ3v) is 4.52. The number of thioether (sulfide) groups is 2. The van der Waals surface area contributed by atoms with Gasteiger partial charge in [0.25, 0.3) is 0 Å². The molecule has 2 rings (SSSR count). The minimum absolute atomic E-state index is 0.469. The molecule has 0 aromatic carbocycles. The van der Waals surface area contributed by atoms with Crippen LogP contribution in [0.4, 0.5) is 0 Å². The van der Waals surface area contributed by atoms with Crippen LogP contribution in [-0.2, 0) is 4.74 Å². The highest BCUT2D eigenvalue weighted by Gasteiger charge is 2.22. The zero-order chi connectivity index (χ0) is 8.39. The van der Waals surface area contributed by atoms with E-state index in [2.05, 4.69) is 10.2 Å². The summed E-state index contributed by atoms with van der Waals surface area (Å²) in [6.07, 6.45) is 2.48. The minimum atomic E-state index is 0.469. The van der Waals surface area contributed by atoms with Crippen LogP contribution in [-0.4, -0.2) is 34.9 Å². The molecule has 1 aromatic rings. The summed E-state index contributed by atoms with van der Waals surface area (Å²) in [5, 5.41) is 8.04. The quantitative estimate of drug-likeness (QED) is 0.571. The first-order chi connectivity index (χ1) is 5.88. The molecule has 6 heteroatoms. The lowest BCUT2D eigenvalue weighted by Crippen LogP contribution is -1.87. The van der Waals surface area contributed by atoms with E-state index in [1.807, 2.05) is 6.26 Å². The third kappa shape index (κ3) is 2.35. The van der Waals surface area contributed by atoms with Crippen LogP contribution in [0.2, 0.25) is 0 Å². The van der Waals surface area contributed by atoms with Crippen LogP contribution in [0.1, 0.15) is 0 Å². The molecule has 0 N–H and O–H groups in total. The van der Waals surface area contributed by atoms with E-state index >= 15 is 0 Å². The maximum absolute atomic E-state index is 5.09. The first-order valence-electron chi connectivity index (χ1n) is 3.50. The first kappa shape index (κ1) is 8.80. The molecule has 66 valence electrons. The van der Waals surface area contributed by atoms with Crippen molar-refractivity contribution in [3.05, 3.63) is 0 Å². The molecule has 12 heavy (non-hydrogen) atoms. The van der Waals surface area contributed by atoms with E-state index in [-0.39, 0.29) is 0 Å². The molecule has 0 spiro atoms. The lowest BCUT2D eigenvalue weighted by molar-refractivity contribution is 0.426. The Hall–Kier alpha value is 0.220. The monoisotopic (exact) mass is 220 g/mol. The SMILES string of the molecule is CSc1nnc(SCC2CO2)s1. The van der Waals surface area contributed by atoms with Gasteiger partial charge in [0.15, 0.2) is 8.68 Å². The number of ether oxygens (including phenoxy) is 1. The summed E-state index contributed by atoms with van der Waals surface area (Å²) >= 11 is 5.02. The fraction of sp³-hybridized carbons (Fsp3) is 0.667. The van der Waals surface area contributed by atoms with Crippen molar-refractivity contribution >= 4 is 34.9 Å². The Balaban J connectivity index is 1.84. The van der Waals surface area contributed by atoms with E-state index < -0.39 is 0 Å². The molecule has 1 saturated heterocycles. The Morgan fingerprint density at radius 2 is 2.33 bits per heavy atom. The molecule has 0 radical (unpaired) electrons. The molecule has 1 aliphatic rings. The van der Waals surface area contributed by atoms with Crippen LogP contribution in [0, 0.1) is 0 Å².